The van der Waals surface area contributed by atoms with Crippen molar-refractivity contribution >= 4 is 11.9 Å². The molecule has 1 amide bonds. The predicted molar refractivity (Wildman–Crippen MR) is 78.5 cm³/mol. The fraction of sp³-hybridized carbons (Fsp3) is 0.714. The van der Waals surface area contributed by atoms with Gasteiger partial charge in [-0.25, -0.2) is 4.79 Å². The van der Waals surface area contributed by atoms with Gasteiger partial charge in [-0.2, -0.15) is 0 Å². The molecule has 1 heterocycles. The lowest BCUT2D eigenvalue weighted by molar-refractivity contribution is -0.269. The SMILES string of the molecule is CC(=O)N[C@@H]1[C@@H](O)C(=C(C)C)C(O)(C(=O)O)O[C@H]1C(O)C(O)CO. The lowest BCUT2D eigenvalue weighted by atomic mass is 9.83. The van der Waals surface area contributed by atoms with Gasteiger partial charge in [-0.1, -0.05) is 5.57 Å². The number of hydrogen-bond acceptors (Lipinski definition) is 8. The number of aliphatic hydroxyl groups excluding tert-OH is 4. The van der Waals surface area contributed by atoms with Crippen LogP contribution in [0.4, 0.5) is 0 Å². The van der Waals surface area contributed by atoms with Gasteiger partial charge < -0.3 is 40.7 Å². The van der Waals surface area contributed by atoms with Gasteiger partial charge in [0.05, 0.1) is 12.6 Å². The second-order valence-electron chi connectivity index (χ2n) is 5.86. The van der Waals surface area contributed by atoms with Crippen molar-refractivity contribution in [3.63, 3.8) is 0 Å². The van der Waals surface area contributed by atoms with E-state index in [1.165, 1.54) is 13.8 Å². The van der Waals surface area contributed by atoms with Crippen LogP contribution in [0.25, 0.3) is 0 Å². The molecule has 138 valence electrons. The summed E-state index contributed by atoms with van der Waals surface area (Å²) in [6, 6.07) is -1.36. The van der Waals surface area contributed by atoms with Crippen LogP contribution in [0.3, 0.4) is 0 Å². The molecule has 1 saturated heterocycles. The first kappa shape index (κ1) is 20.5. The Morgan fingerprint density at radius 2 is 1.83 bits per heavy atom. The van der Waals surface area contributed by atoms with Crippen molar-refractivity contribution in [2.24, 2.45) is 0 Å². The molecule has 0 radical (unpaired) electrons. The summed E-state index contributed by atoms with van der Waals surface area (Å²) in [4.78, 5) is 22.8. The summed E-state index contributed by atoms with van der Waals surface area (Å²) in [5.74, 6) is -5.42. The Labute approximate surface area is 138 Å². The number of amides is 1. The van der Waals surface area contributed by atoms with E-state index in [1.807, 2.05) is 0 Å². The summed E-state index contributed by atoms with van der Waals surface area (Å²) in [6.07, 6.45) is -7.04. The molecule has 0 aromatic heterocycles. The quantitative estimate of drug-likeness (QED) is 0.256. The van der Waals surface area contributed by atoms with E-state index in [1.54, 1.807) is 0 Å². The van der Waals surface area contributed by atoms with Crippen LogP contribution in [0.15, 0.2) is 11.1 Å². The fourth-order valence-electron chi connectivity index (χ4n) is 2.70. The number of allylic oxidation sites excluding steroid dienone is 1. The van der Waals surface area contributed by atoms with E-state index in [4.69, 9.17) is 9.84 Å². The average molecular weight is 349 g/mol. The number of carboxylic acid groups (broad SMARTS) is 1. The molecule has 10 heteroatoms. The van der Waals surface area contributed by atoms with E-state index in [0.29, 0.717) is 0 Å². The lowest BCUT2D eigenvalue weighted by Crippen LogP contribution is -2.68. The largest absolute Gasteiger partial charge is 0.477 e. The third-order valence-electron chi connectivity index (χ3n) is 3.78. The van der Waals surface area contributed by atoms with Gasteiger partial charge in [-0.3, -0.25) is 4.79 Å². The van der Waals surface area contributed by atoms with E-state index in [0.717, 1.165) is 6.92 Å². The van der Waals surface area contributed by atoms with Gasteiger partial charge in [0.2, 0.25) is 5.91 Å². The summed E-state index contributed by atoms with van der Waals surface area (Å²) in [5.41, 5.74) is -0.158. The van der Waals surface area contributed by atoms with Crippen LogP contribution in [-0.4, -0.2) is 85.4 Å². The number of rotatable bonds is 5. The van der Waals surface area contributed by atoms with Gasteiger partial charge in [-0.05, 0) is 13.8 Å². The van der Waals surface area contributed by atoms with E-state index < -0.39 is 60.3 Å². The molecule has 10 nitrogen and oxygen atoms in total. The number of hydrogen-bond donors (Lipinski definition) is 7. The minimum atomic E-state index is -2.96. The molecule has 1 fully saturated rings. The van der Waals surface area contributed by atoms with Crippen LogP contribution in [0.1, 0.15) is 20.8 Å². The Hall–Kier alpha value is -1.56. The second kappa shape index (κ2) is 7.55. The Morgan fingerprint density at radius 3 is 2.21 bits per heavy atom. The molecule has 0 saturated carbocycles. The van der Waals surface area contributed by atoms with Crippen LogP contribution in [-0.2, 0) is 14.3 Å². The zero-order valence-corrected chi connectivity index (χ0v) is 13.5. The van der Waals surface area contributed by atoms with Gasteiger partial charge in [0, 0.05) is 12.5 Å². The smallest absolute Gasteiger partial charge is 0.369 e. The van der Waals surface area contributed by atoms with E-state index in [2.05, 4.69) is 5.32 Å². The molecule has 0 spiro atoms. The maximum Gasteiger partial charge on any atom is 0.369 e. The Kier molecular flexibility index (Phi) is 6.45. The number of carbonyl (C=O) groups excluding carboxylic acids is 1. The predicted octanol–water partition coefficient (Wildman–Crippen LogP) is -2.93. The molecule has 0 bridgehead atoms. The van der Waals surface area contributed by atoms with Crippen LogP contribution in [0, 0.1) is 0 Å². The van der Waals surface area contributed by atoms with Crippen molar-refractivity contribution in [2.75, 3.05) is 6.61 Å². The van der Waals surface area contributed by atoms with Crippen molar-refractivity contribution in [1.82, 2.24) is 5.32 Å². The van der Waals surface area contributed by atoms with Crippen molar-refractivity contribution in [1.29, 1.82) is 0 Å². The molecule has 1 rings (SSSR count). The molecule has 0 aliphatic carbocycles. The molecule has 0 aromatic carbocycles. The standard InChI is InChI=1S/C14H23NO9/c1-5(2)8-11(20)9(15-6(3)17)12(10(19)7(18)4-16)24-14(8,23)13(21)22/h7,9-12,16,18-20,23H,4H2,1-3H3,(H,15,17)(H,21,22)/t7?,9-,10?,11+,12-,14?/m1/s1. The molecule has 0 aromatic rings. The molecular formula is C14H23NO9. The lowest BCUT2D eigenvalue weighted by Gasteiger charge is -2.46. The van der Waals surface area contributed by atoms with Crippen molar-refractivity contribution in [3.8, 4) is 0 Å². The van der Waals surface area contributed by atoms with Gasteiger partial charge >= 0.3 is 5.97 Å². The highest BCUT2D eigenvalue weighted by atomic mass is 16.7. The zero-order chi connectivity index (χ0) is 18.8. The maximum atomic E-state index is 11.5. The highest BCUT2D eigenvalue weighted by Crippen LogP contribution is 2.36. The van der Waals surface area contributed by atoms with Gasteiger partial charge in [-0.15, -0.1) is 0 Å². The first-order valence-corrected chi connectivity index (χ1v) is 7.21. The normalized spacial score (nSPS) is 32.8. The number of nitrogens with one attached hydrogen (secondary N) is 1. The molecule has 6 atom stereocenters. The summed E-state index contributed by atoms with van der Waals surface area (Å²) in [7, 11) is 0. The van der Waals surface area contributed by atoms with Crippen LogP contribution in [0.5, 0.6) is 0 Å². The van der Waals surface area contributed by atoms with Crippen molar-refractivity contribution in [2.45, 2.75) is 57.0 Å². The molecule has 24 heavy (non-hydrogen) atoms. The topological polar surface area (TPSA) is 177 Å². The van der Waals surface area contributed by atoms with Crippen LogP contribution >= 0.6 is 0 Å². The van der Waals surface area contributed by atoms with Crippen LogP contribution < -0.4 is 5.32 Å². The average Bonchev–Trinajstić information content (AvgIpc) is 2.47. The molecule has 3 unspecified atom stereocenters. The fourth-order valence-corrected chi connectivity index (χ4v) is 2.70. The van der Waals surface area contributed by atoms with Crippen molar-refractivity contribution < 1.29 is 45.0 Å². The minimum absolute atomic E-state index is 0.235. The number of carboxylic acids is 1. The summed E-state index contributed by atoms with van der Waals surface area (Å²) >= 11 is 0. The number of ether oxygens (including phenoxy) is 1. The van der Waals surface area contributed by atoms with Crippen LogP contribution in [0.2, 0.25) is 0 Å². The van der Waals surface area contributed by atoms with E-state index in [9.17, 15) is 35.1 Å². The number of aliphatic carboxylic acids is 1. The van der Waals surface area contributed by atoms with Gasteiger partial charge in [0.25, 0.3) is 5.79 Å². The van der Waals surface area contributed by atoms with E-state index >= 15 is 0 Å². The molecule has 7 N–H and O–H groups in total. The number of aliphatic hydroxyl groups is 5. The minimum Gasteiger partial charge on any atom is -0.477 e. The molecule has 1 aliphatic heterocycles. The van der Waals surface area contributed by atoms with E-state index in [-0.39, 0.29) is 5.57 Å². The first-order valence-electron chi connectivity index (χ1n) is 7.21. The highest BCUT2D eigenvalue weighted by molar-refractivity contribution is 5.81. The number of carbonyl (C=O) groups is 2. The van der Waals surface area contributed by atoms with Crippen molar-refractivity contribution in [3.05, 3.63) is 11.1 Å². The third-order valence-corrected chi connectivity index (χ3v) is 3.78. The Morgan fingerprint density at radius 1 is 1.29 bits per heavy atom. The monoisotopic (exact) mass is 349 g/mol. The Balaban J connectivity index is 3.43. The second-order valence-corrected chi connectivity index (χ2v) is 5.86. The molecule has 1 aliphatic rings. The zero-order valence-electron chi connectivity index (χ0n) is 13.5. The third kappa shape index (κ3) is 3.74. The highest BCUT2D eigenvalue weighted by Gasteiger charge is 2.57. The summed E-state index contributed by atoms with van der Waals surface area (Å²) in [6.45, 7) is 3.10. The summed E-state index contributed by atoms with van der Waals surface area (Å²) < 4.78 is 5.08. The van der Waals surface area contributed by atoms with Gasteiger partial charge in [0.1, 0.15) is 24.4 Å². The first-order chi connectivity index (χ1) is 11.0. The summed E-state index contributed by atoms with van der Waals surface area (Å²) in [5, 5.41) is 61.0. The Bertz CT molecular complexity index is 530. The van der Waals surface area contributed by atoms with Gasteiger partial charge in [0.15, 0.2) is 0 Å². The molecular weight excluding hydrogens is 326 g/mol. The maximum absolute atomic E-state index is 11.5.